The third-order valence-corrected chi connectivity index (χ3v) is 6.27. The minimum absolute atomic E-state index is 0.0977. The summed E-state index contributed by atoms with van der Waals surface area (Å²) in [5.41, 5.74) is 3.07. The van der Waals surface area contributed by atoms with Crippen LogP contribution in [0.5, 0.6) is 0 Å². The first-order chi connectivity index (χ1) is 16.0. The number of carbonyl (C=O) groups is 1. The highest BCUT2D eigenvalue weighted by Gasteiger charge is 2.20. The Labute approximate surface area is 193 Å². The summed E-state index contributed by atoms with van der Waals surface area (Å²) in [4.78, 5) is 30.9. The number of hydrogen-bond acceptors (Lipinski definition) is 7. The van der Waals surface area contributed by atoms with E-state index < -0.39 is 11.7 Å². The van der Waals surface area contributed by atoms with Gasteiger partial charge in [-0.2, -0.15) is 5.10 Å². The van der Waals surface area contributed by atoms with E-state index in [9.17, 15) is 9.59 Å². The molecule has 5 aromatic rings. The van der Waals surface area contributed by atoms with Crippen LogP contribution in [0.2, 0.25) is 0 Å². The van der Waals surface area contributed by atoms with E-state index in [1.165, 1.54) is 0 Å². The van der Waals surface area contributed by atoms with E-state index in [1.807, 2.05) is 49.6 Å². The maximum absolute atomic E-state index is 13.0. The third-order valence-electron chi connectivity index (χ3n) is 5.38. The summed E-state index contributed by atoms with van der Waals surface area (Å²) >= 11 is 1.56. The van der Waals surface area contributed by atoms with E-state index in [0.717, 1.165) is 10.4 Å². The van der Waals surface area contributed by atoms with E-state index in [1.54, 1.807) is 38.9 Å². The highest BCUT2D eigenvalue weighted by molar-refractivity contribution is 7.13. The van der Waals surface area contributed by atoms with Crippen molar-refractivity contribution >= 4 is 39.4 Å². The minimum Gasteiger partial charge on any atom is -0.462 e. The molecule has 0 saturated carbocycles. The number of carbonyl (C=O) groups excluding carboxylic acids is 1. The molecule has 0 aliphatic rings. The molecule has 0 radical (unpaired) electrons. The van der Waals surface area contributed by atoms with Crippen molar-refractivity contribution in [3.63, 3.8) is 0 Å². The van der Waals surface area contributed by atoms with Crippen LogP contribution in [0.25, 0.3) is 32.7 Å². The second-order valence-corrected chi connectivity index (χ2v) is 8.88. The van der Waals surface area contributed by atoms with Gasteiger partial charge in [-0.05, 0) is 49.9 Å². The predicted molar refractivity (Wildman–Crippen MR) is 127 cm³/mol. The fourth-order valence-electron chi connectivity index (χ4n) is 3.81. The average Bonchev–Trinajstić information content (AvgIpc) is 3.54. The van der Waals surface area contributed by atoms with Crippen LogP contribution in [0, 0.1) is 0 Å². The van der Waals surface area contributed by atoms with Gasteiger partial charge >= 0.3 is 11.7 Å². The Kier molecular flexibility index (Phi) is 5.55. The second kappa shape index (κ2) is 8.67. The van der Waals surface area contributed by atoms with Gasteiger partial charge in [-0.3, -0.25) is 4.57 Å². The monoisotopic (exact) mass is 462 g/mol. The van der Waals surface area contributed by atoms with Crippen LogP contribution in [0.3, 0.4) is 0 Å². The number of nitrogens with zero attached hydrogens (tertiary/aromatic N) is 4. The molecular weight excluding hydrogens is 440 g/mol. The lowest BCUT2D eigenvalue weighted by Crippen LogP contribution is -2.16. The molecule has 0 atom stereocenters. The molecule has 0 spiro atoms. The molecule has 168 valence electrons. The second-order valence-electron chi connectivity index (χ2n) is 7.93. The van der Waals surface area contributed by atoms with E-state index in [-0.39, 0.29) is 12.6 Å². The van der Waals surface area contributed by atoms with Crippen molar-refractivity contribution < 1.29 is 13.9 Å². The van der Waals surface area contributed by atoms with Gasteiger partial charge in [0, 0.05) is 12.6 Å². The molecule has 5 rings (SSSR count). The smallest absolute Gasteiger partial charge is 0.419 e. The molecule has 0 saturated heterocycles. The Hall–Kier alpha value is -3.72. The van der Waals surface area contributed by atoms with Crippen molar-refractivity contribution in [2.24, 2.45) is 0 Å². The number of pyridine rings is 1. The summed E-state index contributed by atoms with van der Waals surface area (Å²) in [7, 11) is 0. The molecule has 1 aromatic carbocycles. The summed E-state index contributed by atoms with van der Waals surface area (Å²) < 4.78 is 14.2. The number of para-hydroxylation sites is 2. The lowest BCUT2D eigenvalue weighted by atomic mass is 10.1. The molecule has 0 amide bonds. The molecule has 0 N–H and O–H groups in total. The van der Waals surface area contributed by atoms with Crippen molar-refractivity contribution in [3.8, 4) is 10.6 Å². The Bertz CT molecular complexity index is 1490. The van der Waals surface area contributed by atoms with Gasteiger partial charge in [-0.25, -0.2) is 19.3 Å². The summed E-state index contributed by atoms with van der Waals surface area (Å²) in [5.74, 6) is -0.854. The van der Waals surface area contributed by atoms with Gasteiger partial charge in [0.25, 0.3) is 0 Å². The van der Waals surface area contributed by atoms with Crippen molar-refractivity contribution in [1.29, 1.82) is 0 Å². The third kappa shape index (κ3) is 3.95. The van der Waals surface area contributed by atoms with E-state index in [4.69, 9.17) is 14.1 Å². The Morgan fingerprint density at radius 1 is 1.21 bits per heavy atom. The zero-order valence-corrected chi connectivity index (χ0v) is 19.0. The zero-order valence-electron chi connectivity index (χ0n) is 18.2. The van der Waals surface area contributed by atoms with Crippen LogP contribution in [0.1, 0.15) is 36.7 Å². The summed E-state index contributed by atoms with van der Waals surface area (Å²) in [5, 5.41) is 7.06. The highest BCUT2D eigenvalue weighted by atomic mass is 32.1. The molecule has 0 aliphatic carbocycles. The number of rotatable bonds is 7. The normalized spacial score (nSPS) is 11.6. The highest BCUT2D eigenvalue weighted by Crippen LogP contribution is 2.29. The summed E-state index contributed by atoms with van der Waals surface area (Å²) in [6, 6.07) is 13.0. The average molecular weight is 463 g/mol. The van der Waals surface area contributed by atoms with Gasteiger partial charge in [-0.15, -0.1) is 11.3 Å². The standard InChI is InChI=1S/C24H22N4O4S/c1-15(2)28-22-17(14-25-28)16(13-18(26-22)21-9-5-12-33-21)23(29)31-11-6-10-27-19-7-3-4-8-20(19)32-24(27)30/h3-5,7-9,12-15H,6,10-11H2,1-2H3. The topological polar surface area (TPSA) is 92.2 Å². The molecular formula is C24H22N4O4S. The lowest BCUT2D eigenvalue weighted by Gasteiger charge is -2.10. The van der Waals surface area contributed by atoms with Gasteiger partial charge in [0.05, 0.1) is 39.8 Å². The number of hydrogen-bond donors (Lipinski definition) is 0. The van der Waals surface area contributed by atoms with Crippen molar-refractivity contribution in [2.75, 3.05) is 6.61 Å². The zero-order chi connectivity index (χ0) is 22.9. The fraction of sp³-hybridized carbons (Fsp3) is 0.250. The number of aryl methyl sites for hydroxylation is 1. The summed E-state index contributed by atoms with van der Waals surface area (Å²) in [6.07, 6.45) is 2.14. The molecule has 0 fully saturated rings. The predicted octanol–water partition coefficient (Wildman–Crippen LogP) is 4.90. The Morgan fingerprint density at radius 2 is 2.06 bits per heavy atom. The van der Waals surface area contributed by atoms with Gasteiger partial charge < -0.3 is 9.15 Å². The van der Waals surface area contributed by atoms with Crippen molar-refractivity contribution in [2.45, 2.75) is 32.9 Å². The van der Waals surface area contributed by atoms with Gasteiger partial charge in [0.15, 0.2) is 11.2 Å². The van der Waals surface area contributed by atoms with E-state index in [0.29, 0.717) is 40.8 Å². The van der Waals surface area contributed by atoms with Crippen LogP contribution in [-0.2, 0) is 11.3 Å². The van der Waals surface area contributed by atoms with Gasteiger partial charge in [-0.1, -0.05) is 18.2 Å². The first kappa shape index (κ1) is 21.1. The number of benzene rings is 1. The van der Waals surface area contributed by atoms with Crippen LogP contribution in [0.4, 0.5) is 0 Å². The largest absolute Gasteiger partial charge is 0.462 e. The lowest BCUT2D eigenvalue weighted by molar-refractivity contribution is 0.0498. The van der Waals surface area contributed by atoms with Crippen molar-refractivity contribution in [1.82, 2.24) is 19.3 Å². The SMILES string of the molecule is CC(C)n1ncc2c(C(=O)OCCCn3c(=O)oc4ccccc43)cc(-c3cccs3)nc21. The number of esters is 1. The molecule has 9 heteroatoms. The quantitative estimate of drug-likeness (QED) is 0.252. The van der Waals surface area contributed by atoms with Crippen LogP contribution in [-0.4, -0.2) is 31.9 Å². The maximum atomic E-state index is 13.0. The Morgan fingerprint density at radius 3 is 2.85 bits per heavy atom. The van der Waals surface area contributed by atoms with Gasteiger partial charge in [0.2, 0.25) is 0 Å². The molecule has 33 heavy (non-hydrogen) atoms. The Balaban J connectivity index is 1.36. The first-order valence-electron chi connectivity index (χ1n) is 10.7. The molecule has 0 bridgehead atoms. The van der Waals surface area contributed by atoms with Crippen LogP contribution < -0.4 is 5.76 Å². The fourth-order valence-corrected chi connectivity index (χ4v) is 4.49. The number of fused-ring (bicyclic) bond motifs is 2. The molecule has 8 nitrogen and oxygen atoms in total. The molecule has 0 unspecified atom stereocenters. The van der Waals surface area contributed by atoms with E-state index in [2.05, 4.69) is 5.10 Å². The molecule has 0 aliphatic heterocycles. The van der Waals surface area contributed by atoms with Crippen LogP contribution in [0.15, 0.2) is 63.3 Å². The van der Waals surface area contributed by atoms with Gasteiger partial charge in [0.1, 0.15) is 0 Å². The van der Waals surface area contributed by atoms with Crippen molar-refractivity contribution in [3.05, 3.63) is 70.2 Å². The molecule has 4 heterocycles. The number of aromatic nitrogens is 4. The number of oxazole rings is 1. The number of thiophene rings is 1. The maximum Gasteiger partial charge on any atom is 0.419 e. The van der Waals surface area contributed by atoms with Crippen LogP contribution >= 0.6 is 11.3 Å². The summed E-state index contributed by atoms with van der Waals surface area (Å²) in [6.45, 7) is 4.60. The minimum atomic E-state index is -0.437. The number of ether oxygens (including phenoxy) is 1. The molecule has 4 aromatic heterocycles. The first-order valence-corrected chi connectivity index (χ1v) is 11.6. The van der Waals surface area contributed by atoms with E-state index >= 15 is 0 Å².